The first kappa shape index (κ1) is 11.2. The molecule has 0 aromatic heterocycles. The molecule has 0 amide bonds. The van der Waals surface area contributed by atoms with E-state index in [0.717, 1.165) is 32.4 Å². The van der Waals surface area contributed by atoms with Gasteiger partial charge in [-0.3, -0.25) is 0 Å². The molecular weight excluding hydrogens is 182 g/mol. The van der Waals surface area contributed by atoms with Gasteiger partial charge in [-0.25, -0.2) is 4.79 Å². The summed E-state index contributed by atoms with van der Waals surface area (Å²) in [6.07, 6.45) is 3.58. The SMILES string of the molecule is C=C(CNCCC1CCCO1)C(=O)O. The molecular formula is C10H17NO3. The zero-order valence-corrected chi connectivity index (χ0v) is 8.29. The summed E-state index contributed by atoms with van der Waals surface area (Å²) >= 11 is 0. The normalized spacial score (nSPS) is 21.0. The lowest BCUT2D eigenvalue weighted by atomic mass is 10.2. The lowest BCUT2D eigenvalue weighted by Gasteiger charge is -2.09. The number of carbonyl (C=O) groups is 1. The van der Waals surface area contributed by atoms with Gasteiger partial charge in [0, 0.05) is 18.7 Å². The summed E-state index contributed by atoms with van der Waals surface area (Å²) in [7, 11) is 0. The van der Waals surface area contributed by atoms with Crippen LogP contribution in [0.25, 0.3) is 0 Å². The number of rotatable bonds is 6. The summed E-state index contributed by atoms with van der Waals surface area (Å²) in [6.45, 7) is 5.44. The van der Waals surface area contributed by atoms with Gasteiger partial charge in [-0.15, -0.1) is 0 Å². The van der Waals surface area contributed by atoms with E-state index in [1.807, 2.05) is 0 Å². The Morgan fingerprint density at radius 1 is 1.64 bits per heavy atom. The highest BCUT2D eigenvalue weighted by atomic mass is 16.5. The number of aliphatic carboxylic acids is 1. The van der Waals surface area contributed by atoms with Crippen molar-refractivity contribution in [2.24, 2.45) is 0 Å². The summed E-state index contributed by atoms with van der Waals surface area (Å²) < 4.78 is 5.43. The average molecular weight is 199 g/mol. The van der Waals surface area contributed by atoms with Crippen LogP contribution in [-0.2, 0) is 9.53 Å². The second-order valence-corrected chi connectivity index (χ2v) is 3.51. The maximum Gasteiger partial charge on any atom is 0.332 e. The van der Waals surface area contributed by atoms with Crippen LogP contribution in [0.5, 0.6) is 0 Å². The number of ether oxygens (including phenoxy) is 1. The molecule has 80 valence electrons. The zero-order valence-electron chi connectivity index (χ0n) is 8.29. The van der Waals surface area contributed by atoms with Crippen LogP contribution in [0, 0.1) is 0 Å². The summed E-state index contributed by atoms with van der Waals surface area (Å²) in [6, 6.07) is 0. The van der Waals surface area contributed by atoms with Gasteiger partial charge >= 0.3 is 5.97 Å². The quantitative estimate of drug-likeness (QED) is 0.490. The molecule has 0 aromatic rings. The van der Waals surface area contributed by atoms with Gasteiger partial charge in [-0.05, 0) is 25.8 Å². The lowest BCUT2D eigenvalue weighted by Crippen LogP contribution is -2.24. The molecule has 4 nitrogen and oxygen atoms in total. The van der Waals surface area contributed by atoms with E-state index in [-0.39, 0.29) is 5.57 Å². The second-order valence-electron chi connectivity index (χ2n) is 3.51. The number of hydrogen-bond acceptors (Lipinski definition) is 3. The Balaban J connectivity index is 1.98. The third kappa shape index (κ3) is 3.89. The highest BCUT2D eigenvalue weighted by Crippen LogP contribution is 2.14. The van der Waals surface area contributed by atoms with Crippen molar-refractivity contribution in [1.82, 2.24) is 5.32 Å². The molecule has 1 aliphatic heterocycles. The minimum Gasteiger partial charge on any atom is -0.478 e. The fourth-order valence-electron chi connectivity index (χ4n) is 1.45. The summed E-state index contributed by atoms with van der Waals surface area (Å²) in [5.41, 5.74) is 0.206. The molecule has 0 radical (unpaired) electrons. The number of nitrogens with one attached hydrogen (secondary N) is 1. The van der Waals surface area contributed by atoms with Gasteiger partial charge in [-0.1, -0.05) is 6.58 Å². The Hall–Kier alpha value is -0.870. The third-order valence-electron chi connectivity index (χ3n) is 2.31. The van der Waals surface area contributed by atoms with Crippen LogP contribution in [0.1, 0.15) is 19.3 Å². The van der Waals surface area contributed by atoms with Gasteiger partial charge in [-0.2, -0.15) is 0 Å². The molecule has 1 saturated heterocycles. The summed E-state index contributed by atoms with van der Waals surface area (Å²) in [5, 5.41) is 11.6. The van der Waals surface area contributed by atoms with E-state index in [1.165, 1.54) is 0 Å². The topological polar surface area (TPSA) is 58.6 Å². The second kappa shape index (κ2) is 5.78. The van der Waals surface area contributed by atoms with Crippen molar-refractivity contribution in [2.45, 2.75) is 25.4 Å². The van der Waals surface area contributed by atoms with E-state index in [0.29, 0.717) is 12.6 Å². The van der Waals surface area contributed by atoms with E-state index in [4.69, 9.17) is 9.84 Å². The molecule has 1 heterocycles. The van der Waals surface area contributed by atoms with Crippen molar-refractivity contribution in [3.63, 3.8) is 0 Å². The lowest BCUT2D eigenvalue weighted by molar-refractivity contribution is -0.132. The van der Waals surface area contributed by atoms with Gasteiger partial charge in [0.05, 0.1) is 6.10 Å². The third-order valence-corrected chi connectivity index (χ3v) is 2.31. The molecule has 2 N–H and O–H groups in total. The highest BCUT2D eigenvalue weighted by molar-refractivity contribution is 5.86. The summed E-state index contributed by atoms with van der Waals surface area (Å²) in [5.74, 6) is -0.936. The van der Waals surface area contributed by atoms with Gasteiger partial charge in [0.15, 0.2) is 0 Å². The van der Waals surface area contributed by atoms with Crippen LogP contribution in [0.3, 0.4) is 0 Å². The van der Waals surface area contributed by atoms with E-state index in [1.54, 1.807) is 0 Å². The van der Waals surface area contributed by atoms with E-state index >= 15 is 0 Å². The molecule has 1 fully saturated rings. The van der Waals surface area contributed by atoms with Crippen molar-refractivity contribution >= 4 is 5.97 Å². The first-order valence-electron chi connectivity index (χ1n) is 4.93. The molecule has 14 heavy (non-hydrogen) atoms. The fraction of sp³-hybridized carbons (Fsp3) is 0.700. The van der Waals surface area contributed by atoms with Gasteiger partial charge in [0.25, 0.3) is 0 Å². The largest absolute Gasteiger partial charge is 0.478 e. The van der Waals surface area contributed by atoms with Crippen molar-refractivity contribution < 1.29 is 14.6 Å². The molecule has 4 heteroatoms. The molecule has 0 spiro atoms. The molecule has 1 unspecified atom stereocenters. The van der Waals surface area contributed by atoms with Crippen LogP contribution >= 0.6 is 0 Å². The Morgan fingerprint density at radius 3 is 3.00 bits per heavy atom. The smallest absolute Gasteiger partial charge is 0.332 e. The Kier molecular flexibility index (Phi) is 4.62. The first-order chi connectivity index (χ1) is 6.70. The molecule has 0 aliphatic carbocycles. The first-order valence-corrected chi connectivity index (χ1v) is 4.93. The molecule has 0 bridgehead atoms. The highest BCUT2D eigenvalue weighted by Gasteiger charge is 2.14. The Morgan fingerprint density at radius 2 is 2.43 bits per heavy atom. The number of hydrogen-bond donors (Lipinski definition) is 2. The van der Waals surface area contributed by atoms with Crippen LogP contribution in [0.2, 0.25) is 0 Å². The van der Waals surface area contributed by atoms with Crippen molar-refractivity contribution in [3.05, 3.63) is 12.2 Å². The van der Waals surface area contributed by atoms with Gasteiger partial charge < -0.3 is 15.2 Å². The average Bonchev–Trinajstić information content (AvgIpc) is 2.64. The van der Waals surface area contributed by atoms with Crippen LogP contribution in [-0.4, -0.2) is 36.9 Å². The van der Waals surface area contributed by atoms with Crippen LogP contribution in [0.4, 0.5) is 0 Å². The predicted octanol–water partition coefficient (Wildman–Crippen LogP) is 0.786. The van der Waals surface area contributed by atoms with E-state index in [2.05, 4.69) is 11.9 Å². The number of carboxylic acids is 1. The molecule has 0 aromatic carbocycles. The van der Waals surface area contributed by atoms with Crippen LogP contribution in [0.15, 0.2) is 12.2 Å². The molecule has 1 atom stereocenters. The predicted molar refractivity (Wildman–Crippen MR) is 53.2 cm³/mol. The molecule has 1 rings (SSSR count). The minimum atomic E-state index is -0.936. The maximum absolute atomic E-state index is 10.4. The minimum absolute atomic E-state index is 0.206. The Labute approximate surface area is 83.9 Å². The van der Waals surface area contributed by atoms with Crippen LogP contribution < -0.4 is 5.32 Å². The summed E-state index contributed by atoms with van der Waals surface area (Å²) in [4.78, 5) is 10.4. The van der Waals surface area contributed by atoms with Crippen molar-refractivity contribution in [1.29, 1.82) is 0 Å². The Bertz CT molecular complexity index is 209. The standard InChI is InChI=1S/C10H17NO3/c1-8(10(12)13)7-11-5-4-9-3-2-6-14-9/h9,11H,1-7H2,(H,12,13). The fourth-order valence-corrected chi connectivity index (χ4v) is 1.45. The van der Waals surface area contributed by atoms with Crippen molar-refractivity contribution in [3.8, 4) is 0 Å². The van der Waals surface area contributed by atoms with Gasteiger partial charge in [0.2, 0.25) is 0 Å². The van der Waals surface area contributed by atoms with E-state index in [9.17, 15) is 4.79 Å². The maximum atomic E-state index is 10.4. The molecule has 0 saturated carbocycles. The zero-order chi connectivity index (χ0) is 10.4. The van der Waals surface area contributed by atoms with Crippen molar-refractivity contribution in [2.75, 3.05) is 19.7 Å². The number of carboxylic acid groups (broad SMARTS) is 1. The monoisotopic (exact) mass is 199 g/mol. The molecule has 1 aliphatic rings. The van der Waals surface area contributed by atoms with Gasteiger partial charge in [0.1, 0.15) is 0 Å². The van der Waals surface area contributed by atoms with E-state index < -0.39 is 5.97 Å².